The number of hydrogen-bond acceptors (Lipinski definition) is 5. The number of nitrogens with one attached hydrogen (secondary N) is 1. The number of nitrogens with zero attached hydrogens (tertiary/aromatic N) is 2. The number of carbonyl (C=O) groups excluding carboxylic acids is 3. The van der Waals surface area contributed by atoms with Gasteiger partial charge in [-0.25, -0.2) is 0 Å². The maximum atomic E-state index is 12.8. The molecule has 1 aromatic heterocycles. The molecule has 1 aromatic carbocycles. The van der Waals surface area contributed by atoms with Crippen molar-refractivity contribution in [1.29, 1.82) is 0 Å². The molecule has 2 aliphatic rings. The maximum absolute atomic E-state index is 12.8. The first-order valence-corrected chi connectivity index (χ1v) is 9.77. The molecule has 29 heavy (non-hydrogen) atoms. The van der Waals surface area contributed by atoms with Crippen LogP contribution in [0.15, 0.2) is 41.0 Å². The summed E-state index contributed by atoms with van der Waals surface area (Å²) in [5, 5.41) is 2.73. The standard InChI is InChI=1S/C21H23N3O5/c25-19(22-12-16-5-4-10-28-16)13-24-17-11-15(6-7-18(17)29-14-20(24)26)21(27)23-8-2-1-3-9-23/h4-7,10-11H,1-3,8-9,12-14H2,(H,22,25). The number of ether oxygens (including phenoxy) is 1. The summed E-state index contributed by atoms with van der Waals surface area (Å²) < 4.78 is 10.7. The van der Waals surface area contributed by atoms with Crippen LogP contribution >= 0.6 is 0 Å². The van der Waals surface area contributed by atoms with E-state index in [1.165, 1.54) is 11.2 Å². The van der Waals surface area contributed by atoms with Gasteiger partial charge in [-0.15, -0.1) is 0 Å². The van der Waals surface area contributed by atoms with Gasteiger partial charge in [-0.05, 0) is 49.6 Å². The average Bonchev–Trinajstić information content (AvgIpc) is 3.28. The molecule has 4 rings (SSSR count). The monoisotopic (exact) mass is 397 g/mol. The summed E-state index contributed by atoms with van der Waals surface area (Å²) in [7, 11) is 0. The maximum Gasteiger partial charge on any atom is 0.265 e. The van der Waals surface area contributed by atoms with E-state index in [1.54, 1.807) is 30.3 Å². The number of fused-ring (bicyclic) bond motifs is 1. The van der Waals surface area contributed by atoms with Crippen LogP contribution in [-0.2, 0) is 16.1 Å². The largest absolute Gasteiger partial charge is 0.482 e. The number of benzene rings is 1. The van der Waals surface area contributed by atoms with Crippen molar-refractivity contribution in [1.82, 2.24) is 10.2 Å². The predicted octanol–water partition coefficient (Wildman–Crippen LogP) is 1.95. The molecule has 0 radical (unpaired) electrons. The second-order valence-electron chi connectivity index (χ2n) is 7.16. The Hall–Kier alpha value is -3.29. The van der Waals surface area contributed by atoms with Crippen LogP contribution in [0.25, 0.3) is 0 Å². The molecule has 1 N–H and O–H groups in total. The summed E-state index contributed by atoms with van der Waals surface area (Å²) in [4.78, 5) is 40.8. The molecule has 1 saturated heterocycles. The first kappa shape index (κ1) is 19.0. The average molecular weight is 397 g/mol. The number of amides is 3. The number of carbonyl (C=O) groups is 3. The normalized spacial score (nSPS) is 16.2. The molecule has 8 heteroatoms. The number of piperidine rings is 1. The molecule has 3 heterocycles. The lowest BCUT2D eigenvalue weighted by atomic mass is 10.1. The fourth-order valence-corrected chi connectivity index (χ4v) is 3.59. The second kappa shape index (κ2) is 8.38. The van der Waals surface area contributed by atoms with Crippen LogP contribution in [0.4, 0.5) is 5.69 Å². The van der Waals surface area contributed by atoms with Crippen molar-refractivity contribution >= 4 is 23.4 Å². The van der Waals surface area contributed by atoms with E-state index in [0.29, 0.717) is 22.8 Å². The van der Waals surface area contributed by atoms with Crippen molar-refractivity contribution in [3.8, 4) is 5.75 Å². The minimum Gasteiger partial charge on any atom is -0.482 e. The lowest BCUT2D eigenvalue weighted by molar-refractivity contribution is -0.125. The molecule has 8 nitrogen and oxygen atoms in total. The van der Waals surface area contributed by atoms with Crippen molar-refractivity contribution in [3.05, 3.63) is 47.9 Å². The second-order valence-corrected chi connectivity index (χ2v) is 7.16. The van der Waals surface area contributed by atoms with Gasteiger partial charge in [-0.3, -0.25) is 19.3 Å². The molecule has 2 aliphatic heterocycles. The number of hydrogen-bond donors (Lipinski definition) is 1. The highest BCUT2D eigenvalue weighted by molar-refractivity contribution is 6.04. The molecule has 0 unspecified atom stereocenters. The summed E-state index contributed by atoms with van der Waals surface area (Å²) >= 11 is 0. The van der Waals surface area contributed by atoms with E-state index in [0.717, 1.165) is 32.4 Å². The summed E-state index contributed by atoms with van der Waals surface area (Å²) in [5.74, 6) is 0.399. The molecule has 1 fully saturated rings. The van der Waals surface area contributed by atoms with Gasteiger partial charge in [-0.2, -0.15) is 0 Å². The first-order chi connectivity index (χ1) is 14.1. The topological polar surface area (TPSA) is 92.1 Å². The summed E-state index contributed by atoms with van der Waals surface area (Å²) in [6.45, 7) is 1.42. The lowest BCUT2D eigenvalue weighted by Gasteiger charge is -2.30. The summed E-state index contributed by atoms with van der Waals surface area (Å²) in [6, 6.07) is 8.54. The Kier molecular flexibility index (Phi) is 5.50. The molecule has 152 valence electrons. The third kappa shape index (κ3) is 4.26. The van der Waals surface area contributed by atoms with Crippen LogP contribution in [-0.4, -0.2) is 48.9 Å². The smallest absolute Gasteiger partial charge is 0.265 e. The lowest BCUT2D eigenvalue weighted by Crippen LogP contribution is -2.45. The zero-order chi connectivity index (χ0) is 20.2. The minimum atomic E-state index is -0.326. The van der Waals surface area contributed by atoms with Gasteiger partial charge in [0.15, 0.2) is 6.61 Å². The number of anilines is 1. The van der Waals surface area contributed by atoms with Gasteiger partial charge >= 0.3 is 0 Å². The van der Waals surface area contributed by atoms with E-state index < -0.39 is 0 Å². The van der Waals surface area contributed by atoms with Gasteiger partial charge < -0.3 is 19.4 Å². The Balaban J connectivity index is 1.49. The van der Waals surface area contributed by atoms with Gasteiger partial charge in [0.05, 0.1) is 18.5 Å². The number of furan rings is 1. The van der Waals surface area contributed by atoms with Crippen LogP contribution in [0.3, 0.4) is 0 Å². The van der Waals surface area contributed by atoms with Gasteiger partial charge in [0.25, 0.3) is 11.8 Å². The van der Waals surface area contributed by atoms with E-state index in [4.69, 9.17) is 9.15 Å². The van der Waals surface area contributed by atoms with Crippen LogP contribution in [0.5, 0.6) is 5.75 Å². The fourth-order valence-electron chi connectivity index (χ4n) is 3.59. The van der Waals surface area contributed by atoms with Crippen LogP contribution < -0.4 is 15.0 Å². The molecule has 2 aromatic rings. The van der Waals surface area contributed by atoms with Crippen molar-refractivity contribution in [2.45, 2.75) is 25.8 Å². The van der Waals surface area contributed by atoms with E-state index in [1.807, 2.05) is 4.90 Å². The van der Waals surface area contributed by atoms with Crippen LogP contribution in [0.2, 0.25) is 0 Å². The van der Waals surface area contributed by atoms with E-state index in [2.05, 4.69) is 5.32 Å². The highest BCUT2D eigenvalue weighted by atomic mass is 16.5. The van der Waals surface area contributed by atoms with Crippen molar-refractivity contribution < 1.29 is 23.5 Å². The molecular weight excluding hydrogens is 374 g/mol. The fraction of sp³-hybridized carbons (Fsp3) is 0.381. The third-order valence-corrected chi connectivity index (χ3v) is 5.13. The summed E-state index contributed by atoms with van der Waals surface area (Å²) in [6.07, 6.45) is 4.67. The predicted molar refractivity (Wildman–Crippen MR) is 105 cm³/mol. The van der Waals surface area contributed by atoms with Gasteiger partial charge in [0.1, 0.15) is 18.1 Å². The molecule has 0 aliphatic carbocycles. The van der Waals surface area contributed by atoms with Crippen molar-refractivity contribution in [3.63, 3.8) is 0 Å². The van der Waals surface area contributed by atoms with Gasteiger partial charge in [-0.1, -0.05) is 0 Å². The zero-order valence-electron chi connectivity index (χ0n) is 16.1. The van der Waals surface area contributed by atoms with Crippen molar-refractivity contribution in [2.24, 2.45) is 0 Å². The van der Waals surface area contributed by atoms with Gasteiger partial charge in [0.2, 0.25) is 5.91 Å². The van der Waals surface area contributed by atoms with Crippen LogP contribution in [0, 0.1) is 0 Å². The van der Waals surface area contributed by atoms with E-state index >= 15 is 0 Å². The van der Waals surface area contributed by atoms with E-state index in [-0.39, 0.29) is 37.4 Å². The molecule has 0 saturated carbocycles. The Morgan fingerprint density at radius 2 is 1.93 bits per heavy atom. The first-order valence-electron chi connectivity index (χ1n) is 9.77. The van der Waals surface area contributed by atoms with E-state index in [9.17, 15) is 14.4 Å². The number of likely N-dealkylation sites (tertiary alicyclic amines) is 1. The Bertz CT molecular complexity index is 903. The highest BCUT2D eigenvalue weighted by Crippen LogP contribution is 2.33. The SMILES string of the molecule is O=C(CN1C(=O)COc2ccc(C(=O)N3CCCCC3)cc21)NCc1ccco1. The van der Waals surface area contributed by atoms with Gasteiger partial charge in [0, 0.05) is 18.7 Å². The Morgan fingerprint density at radius 1 is 1.10 bits per heavy atom. The molecule has 0 bridgehead atoms. The summed E-state index contributed by atoms with van der Waals surface area (Å²) in [5.41, 5.74) is 0.933. The number of rotatable bonds is 5. The highest BCUT2D eigenvalue weighted by Gasteiger charge is 2.29. The minimum absolute atomic E-state index is 0.0623. The molecule has 0 spiro atoms. The Labute approximate surface area is 168 Å². The molecule has 0 atom stereocenters. The molecule has 3 amide bonds. The molecular formula is C21H23N3O5. The quantitative estimate of drug-likeness (QED) is 0.833. The van der Waals surface area contributed by atoms with Crippen molar-refractivity contribution in [2.75, 3.05) is 31.1 Å². The Morgan fingerprint density at radius 3 is 2.69 bits per heavy atom. The van der Waals surface area contributed by atoms with Crippen LogP contribution in [0.1, 0.15) is 35.4 Å². The third-order valence-electron chi connectivity index (χ3n) is 5.13. The zero-order valence-corrected chi connectivity index (χ0v) is 16.1.